The molecule has 1 aliphatic heterocycles. The second kappa shape index (κ2) is 5.46. The molecule has 2 aromatic carbocycles. The summed E-state index contributed by atoms with van der Waals surface area (Å²) in [6.45, 7) is 2.23. The van der Waals surface area contributed by atoms with E-state index in [0.29, 0.717) is 10.6 Å². The van der Waals surface area contributed by atoms with Crippen LogP contribution in [-0.2, 0) is 11.0 Å². The average molecular weight is 287 g/mol. The van der Waals surface area contributed by atoms with Crippen LogP contribution in [0.4, 0.5) is 0 Å². The van der Waals surface area contributed by atoms with Gasteiger partial charge in [-0.15, -0.1) is 0 Å². The maximum atomic E-state index is 12.0. The molecule has 0 aromatic heterocycles. The van der Waals surface area contributed by atoms with Gasteiger partial charge in [0.25, 0.3) is 0 Å². The topological polar surface area (TPSA) is 47.9 Å². The molecule has 0 bridgehead atoms. The molecule has 0 N–H and O–H groups in total. The van der Waals surface area contributed by atoms with Gasteiger partial charge in [0.05, 0.1) is 4.90 Å². The van der Waals surface area contributed by atoms with Crippen LogP contribution in [0, 0.1) is 6.92 Å². The van der Waals surface area contributed by atoms with Gasteiger partial charge in [-0.05, 0) is 42.8 Å². The predicted octanol–water partition coefficient (Wildman–Crippen LogP) is 2.87. The molecule has 1 heterocycles. The number of fused-ring (bicyclic) bond motifs is 1. The zero-order valence-electron chi connectivity index (χ0n) is 10.9. The summed E-state index contributed by atoms with van der Waals surface area (Å²) in [5.41, 5.74) is 1.96. The maximum Gasteiger partial charge on any atom is 0.231 e. The minimum atomic E-state index is -1.39. The van der Waals surface area contributed by atoms with E-state index in [1.54, 1.807) is 6.21 Å². The first-order valence-corrected chi connectivity index (χ1v) is 7.25. The number of nitrogens with zero attached hydrogens (tertiary/aromatic N) is 1. The van der Waals surface area contributed by atoms with Crippen LogP contribution in [0.1, 0.15) is 11.1 Å². The van der Waals surface area contributed by atoms with Crippen LogP contribution < -0.4 is 9.47 Å². The van der Waals surface area contributed by atoms with Crippen LogP contribution in [0.15, 0.2) is 51.8 Å². The monoisotopic (exact) mass is 287 g/mol. The molecule has 0 unspecified atom stereocenters. The SMILES string of the molecule is Cc1ccc([S@](=O)/N=C/c2ccc3c(c2)OCO3)cc1. The van der Waals surface area contributed by atoms with Gasteiger partial charge < -0.3 is 9.47 Å². The molecule has 0 fully saturated rings. The van der Waals surface area contributed by atoms with Crippen LogP contribution >= 0.6 is 0 Å². The molecular formula is C15H13NO3S. The Balaban J connectivity index is 1.76. The fourth-order valence-corrected chi connectivity index (χ4v) is 2.53. The van der Waals surface area contributed by atoms with Crippen molar-refractivity contribution in [3.63, 3.8) is 0 Å². The Bertz CT molecular complexity index is 680. The second-order valence-electron chi connectivity index (χ2n) is 4.41. The van der Waals surface area contributed by atoms with Crippen molar-refractivity contribution < 1.29 is 13.7 Å². The van der Waals surface area contributed by atoms with Crippen molar-refractivity contribution >= 4 is 17.2 Å². The van der Waals surface area contributed by atoms with E-state index < -0.39 is 11.0 Å². The van der Waals surface area contributed by atoms with E-state index in [-0.39, 0.29) is 6.79 Å². The minimum Gasteiger partial charge on any atom is -0.454 e. The lowest BCUT2D eigenvalue weighted by Crippen LogP contribution is -1.93. The molecule has 5 heteroatoms. The summed E-state index contributed by atoms with van der Waals surface area (Å²) >= 11 is 0. The highest BCUT2D eigenvalue weighted by Gasteiger charge is 2.12. The quantitative estimate of drug-likeness (QED) is 0.816. The molecule has 0 aliphatic carbocycles. The molecule has 0 amide bonds. The summed E-state index contributed by atoms with van der Waals surface area (Å²) < 4.78 is 26.6. The fourth-order valence-electron chi connectivity index (χ4n) is 1.82. The van der Waals surface area contributed by atoms with Gasteiger partial charge >= 0.3 is 0 Å². The molecule has 1 aliphatic rings. The van der Waals surface area contributed by atoms with Crippen molar-refractivity contribution in [3.8, 4) is 11.5 Å². The minimum absolute atomic E-state index is 0.241. The van der Waals surface area contributed by atoms with Crippen molar-refractivity contribution in [2.75, 3.05) is 6.79 Å². The maximum absolute atomic E-state index is 12.0. The third kappa shape index (κ3) is 2.72. The molecule has 3 rings (SSSR count). The summed E-state index contributed by atoms with van der Waals surface area (Å²) in [5, 5.41) is 0. The van der Waals surface area contributed by atoms with Gasteiger partial charge in [0.2, 0.25) is 6.79 Å². The van der Waals surface area contributed by atoms with E-state index in [1.165, 1.54) is 0 Å². The Hall–Kier alpha value is -2.14. The molecule has 0 spiro atoms. The highest BCUT2D eigenvalue weighted by atomic mass is 32.2. The zero-order chi connectivity index (χ0) is 13.9. The average Bonchev–Trinajstić information content (AvgIpc) is 2.93. The number of hydrogen-bond donors (Lipinski definition) is 0. The third-order valence-electron chi connectivity index (χ3n) is 2.92. The lowest BCUT2D eigenvalue weighted by atomic mass is 10.2. The first-order valence-electron chi connectivity index (χ1n) is 6.15. The first kappa shape index (κ1) is 12.9. The van der Waals surface area contributed by atoms with Gasteiger partial charge in [-0.1, -0.05) is 17.7 Å². The normalized spacial score (nSPS) is 14.7. The molecule has 0 radical (unpaired) electrons. The predicted molar refractivity (Wildman–Crippen MR) is 77.7 cm³/mol. The Kier molecular flexibility index (Phi) is 3.52. The summed E-state index contributed by atoms with van der Waals surface area (Å²) in [5.74, 6) is 1.41. The van der Waals surface area contributed by atoms with Crippen LogP contribution in [0.25, 0.3) is 0 Å². The highest BCUT2D eigenvalue weighted by molar-refractivity contribution is 7.83. The van der Waals surface area contributed by atoms with Crippen molar-refractivity contribution in [1.82, 2.24) is 0 Å². The first-order chi connectivity index (χ1) is 9.72. The number of rotatable bonds is 3. The van der Waals surface area contributed by atoms with E-state index >= 15 is 0 Å². The molecule has 4 nitrogen and oxygen atoms in total. The number of ether oxygens (including phenoxy) is 2. The van der Waals surface area contributed by atoms with Crippen LogP contribution in [0.5, 0.6) is 11.5 Å². The van der Waals surface area contributed by atoms with Crippen molar-refractivity contribution in [2.45, 2.75) is 11.8 Å². The van der Waals surface area contributed by atoms with Crippen molar-refractivity contribution in [3.05, 3.63) is 53.6 Å². The van der Waals surface area contributed by atoms with Gasteiger partial charge in [-0.3, -0.25) is 0 Å². The van der Waals surface area contributed by atoms with Crippen LogP contribution in [0.3, 0.4) is 0 Å². The lowest BCUT2D eigenvalue weighted by molar-refractivity contribution is 0.174. The van der Waals surface area contributed by atoms with Gasteiger partial charge in [-0.25, -0.2) is 4.21 Å². The molecule has 0 saturated carbocycles. The van der Waals surface area contributed by atoms with Crippen molar-refractivity contribution in [2.24, 2.45) is 4.40 Å². The lowest BCUT2D eigenvalue weighted by Gasteiger charge is -1.98. The summed E-state index contributed by atoms with van der Waals surface area (Å²) in [6, 6.07) is 13.0. The number of aryl methyl sites for hydroxylation is 1. The standard InChI is InChI=1S/C15H13NO3S/c1-11-2-5-13(6-3-11)20(17)16-9-12-4-7-14-15(8-12)19-10-18-14/h2-9H,10H2,1H3/b16-9+/t20-/m0/s1. The number of benzene rings is 2. The molecule has 0 saturated heterocycles. The molecule has 1 atom stereocenters. The van der Waals surface area contributed by atoms with Crippen LogP contribution in [0.2, 0.25) is 0 Å². The second-order valence-corrected chi connectivity index (χ2v) is 5.59. The molecule has 102 valence electrons. The zero-order valence-corrected chi connectivity index (χ0v) is 11.7. The van der Waals surface area contributed by atoms with Crippen molar-refractivity contribution in [1.29, 1.82) is 0 Å². The molecule has 2 aromatic rings. The van der Waals surface area contributed by atoms with E-state index in [4.69, 9.17) is 9.47 Å². The Morgan fingerprint density at radius 1 is 1.10 bits per heavy atom. The summed E-state index contributed by atoms with van der Waals surface area (Å²) in [6.07, 6.45) is 1.58. The van der Waals surface area contributed by atoms with E-state index in [0.717, 1.165) is 16.9 Å². The van der Waals surface area contributed by atoms with Gasteiger partial charge in [-0.2, -0.15) is 4.40 Å². The smallest absolute Gasteiger partial charge is 0.231 e. The van der Waals surface area contributed by atoms with E-state index in [2.05, 4.69) is 4.40 Å². The van der Waals surface area contributed by atoms with E-state index in [1.807, 2.05) is 49.4 Å². The van der Waals surface area contributed by atoms with Gasteiger partial charge in [0.15, 0.2) is 22.5 Å². The third-order valence-corrected chi connectivity index (χ3v) is 3.89. The van der Waals surface area contributed by atoms with Crippen LogP contribution in [-0.4, -0.2) is 17.2 Å². The number of hydrogen-bond acceptors (Lipinski definition) is 3. The Labute approximate surface area is 119 Å². The van der Waals surface area contributed by atoms with Gasteiger partial charge in [0.1, 0.15) is 0 Å². The summed E-state index contributed by atoms with van der Waals surface area (Å²) in [7, 11) is -1.39. The van der Waals surface area contributed by atoms with E-state index in [9.17, 15) is 4.21 Å². The largest absolute Gasteiger partial charge is 0.454 e. The molecule has 20 heavy (non-hydrogen) atoms. The van der Waals surface area contributed by atoms with Gasteiger partial charge in [0, 0.05) is 6.21 Å². The summed E-state index contributed by atoms with van der Waals surface area (Å²) in [4.78, 5) is 0.688. The Morgan fingerprint density at radius 2 is 1.85 bits per heavy atom. The highest BCUT2D eigenvalue weighted by Crippen LogP contribution is 2.32. The Morgan fingerprint density at radius 3 is 2.65 bits per heavy atom. The fraction of sp³-hybridized carbons (Fsp3) is 0.133. The molecular weight excluding hydrogens is 274 g/mol.